The number of carboxylic acids is 1. The van der Waals surface area contributed by atoms with Gasteiger partial charge < -0.3 is 14.6 Å². The van der Waals surface area contributed by atoms with E-state index in [1.807, 2.05) is 0 Å². The van der Waals surface area contributed by atoms with Gasteiger partial charge in [0.2, 0.25) is 0 Å². The van der Waals surface area contributed by atoms with Gasteiger partial charge in [-0.05, 0) is 13.0 Å². The monoisotopic (exact) mass is 198 g/mol. The molecule has 0 N–H and O–H groups in total. The molecule has 0 atom stereocenters. The summed E-state index contributed by atoms with van der Waals surface area (Å²) in [4.78, 5) is 20.0. The fourth-order valence-corrected chi connectivity index (χ4v) is 0.326. The summed E-state index contributed by atoms with van der Waals surface area (Å²) in [6, 6.07) is 0. The molecule has 0 bridgehead atoms. The van der Waals surface area contributed by atoms with Crippen molar-refractivity contribution in [3.05, 3.63) is 12.2 Å². The minimum Gasteiger partial charge on any atom is -0.545 e. The molecule has 0 radical (unpaired) electrons. The van der Waals surface area contributed by atoms with Gasteiger partial charge in [-0.3, -0.25) is 0 Å². The van der Waals surface area contributed by atoms with E-state index in [1.54, 1.807) is 6.92 Å². The molecule has 62 valence electrons. The number of rotatable bonds is 3. The maximum Gasteiger partial charge on any atom is 1.00 e. The Kier molecular flexibility index (Phi) is 8.53. The molecular weight excluding hydrogens is 191 g/mol. The standard InChI is InChI=1S/C6H8O4.Mn/c1-2-10-6(9)4-3-5(7)8;/h3-4H,2H2,1H3,(H,7,8);/q;+1/p-1/b4-3+;. The Labute approximate surface area is 74.7 Å². The number of esters is 1. The van der Waals surface area contributed by atoms with Gasteiger partial charge in [-0.1, -0.05) is 0 Å². The van der Waals surface area contributed by atoms with Crippen LogP contribution in [0.2, 0.25) is 0 Å². The van der Waals surface area contributed by atoms with Crippen LogP contribution in [0.1, 0.15) is 6.92 Å². The van der Waals surface area contributed by atoms with Gasteiger partial charge in [0.05, 0.1) is 12.6 Å². The second kappa shape index (κ2) is 7.31. The number of carboxylic acid groups (broad SMARTS) is 1. The molecule has 0 fully saturated rings. The van der Waals surface area contributed by atoms with Crippen molar-refractivity contribution in [3.8, 4) is 0 Å². The first-order valence-electron chi connectivity index (χ1n) is 2.72. The van der Waals surface area contributed by atoms with E-state index in [-0.39, 0.29) is 23.7 Å². The average Bonchev–Trinajstić information content (AvgIpc) is 1.85. The molecule has 0 heterocycles. The largest absolute Gasteiger partial charge is 1.00 e. The van der Waals surface area contributed by atoms with Gasteiger partial charge in [0, 0.05) is 6.08 Å². The second-order valence-corrected chi connectivity index (χ2v) is 1.40. The molecule has 11 heavy (non-hydrogen) atoms. The molecular formula is C6H7MnO4. The number of ether oxygens (including phenoxy) is 1. The quantitative estimate of drug-likeness (QED) is 0.326. The van der Waals surface area contributed by atoms with Crippen molar-refractivity contribution in [1.29, 1.82) is 0 Å². The van der Waals surface area contributed by atoms with Gasteiger partial charge in [-0.15, -0.1) is 0 Å². The normalized spacial score (nSPS) is 8.82. The Morgan fingerprint density at radius 3 is 2.36 bits per heavy atom. The van der Waals surface area contributed by atoms with Crippen LogP contribution < -0.4 is 5.11 Å². The van der Waals surface area contributed by atoms with Crippen molar-refractivity contribution in [2.45, 2.75) is 6.92 Å². The van der Waals surface area contributed by atoms with Gasteiger partial charge in [0.15, 0.2) is 0 Å². The predicted molar refractivity (Wildman–Crippen MR) is 30.8 cm³/mol. The molecule has 0 aromatic carbocycles. The van der Waals surface area contributed by atoms with Crippen LogP contribution >= 0.6 is 0 Å². The second-order valence-electron chi connectivity index (χ2n) is 1.40. The third kappa shape index (κ3) is 9.20. The van der Waals surface area contributed by atoms with Crippen molar-refractivity contribution < 1.29 is 36.5 Å². The molecule has 0 spiro atoms. The fourth-order valence-electron chi connectivity index (χ4n) is 0.326. The minimum absolute atomic E-state index is 0. The summed E-state index contributed by atoms with van der Waals surface area (Å²) in [5, 5.41) is 9.70. The van der Waals surface area contributed by atoms with Crippen LogP contribution in [0, 0.1) is 0 Å². The molecule has 0 saturated heterocycles. The summed E-state index contributed by atoms with van der Waals surface area (Å²) in [7, 11) is 0. The Bertz CT molecular complexity index is 164. The van der Waals surface area contributed by atoms with Gasteiger partial charge in [0.1, 0.15) is 0 Å². The molecule has 0 saturated carbocycles. The molecule has 0 aliphatic heterocycles. The minimum atomic E-state index is -1.41. The van der Waals surface area contributed by atoms with E-state index in [2.05, 4.69) is 4.74 Å². The zero-order valence-electron chi connectivity index (χ0n) is 5.87. The van der Waals surface area contributed by atoms with Crippen LogP contribution in [-0.4, -0.2) is 18.5 Å². The molecule has 0 rings (SSSR count). The molecule has 0 aliphatic rings. The zero-order chi connectivity index (χ0) is 7.98. The van der Waals surface area contributed by atoms with E-state index in [0.29, 0.717) is 6.08 Å². The van der Waals surface area contributed by atoms with Crippen LogP contribution in [0.4, 0.5) is 0 Å². The molecule has 4 nitrogen and oxygen atoms in total. The fraction of sp³-hybridized carbons (Fsp3) is 0.333. The third-order valence-electron chi connectivity index (χ3n) is 0.642. The van der Waals surface area contributed by atoms with E-state index >= 15 is 0 Å². The molecule has 0 aromatic heterocycles. The van der Waals surface area contributed by atoms with Crippen LogP contribution in [0.3, 0.4) is 0 Å². The molecule has 0 unspecified atom stereocenters. The van der Waals surface area contributed by atoms with Gasteiger partial charge >= 0.3 is 23.0 Å². The number of carbonyl (C=O) groups excluding carboxylic acids is 2. The molecule has 0 aliphatic carbocycles. The maximum absolute atomic E-state index is 10.3. The van der Waals surface area contributed by atoms with Crippen LogP contribution in [-0.2, 0) is 31.4 Å². The van der Waals surface area contributed by atoms with E-state index in [9.17, 15) is 14.7 Å². The molecule has 0 amide bonds. The van der Waals surface area contributed by atoms with Crippen molar-refractivity contribution in [1.82, 2.24) is 0 Å². The number of carbonyl (C=O) groups is 2. The summed E-state index contributed by atoms with van der Waals surface area (Å²) in [6.45, 7) is 1.86. The first-order valence-corrected chi connectivity index (χ1v) is 2.72. The Morgan fingerprint density at radius 1 is 1.45 bits per heavy atom. The number of aliphatic carboxylic acids is 1. The summed E-state index contributed by atoms with van der Waals surface area (Å²) in [5.41, 5.74) is 0. The molecule has 0 aromatic rings. The third-order valence-corrected chi connectivity index (χ3v) is 0.642. The Morgan fingerprint density at radius 2 is 2.00 bits per heavy atom. The topological polar surface area (TPSA) is 66.4 Å². The van der Waals surface area contributed by atoms with Crippen LogP contribution in [0.25, 0.3) is 0 Å². The Balaban J connectivity index is 0. The number of hydrogen-bond acceptors (Lipinski definition) is 4. The summed E-state index contributed by atoms with van der Waals surface area (Å²) in [6.07, 6.45) is 1.43. The van der Waals surface area contributed by atoms with Gasteiger partial charge in [-0.2, -0.15) is 0 Å². The summed E-state index contributed by atoms with van der Waals surface area (Å²) >= 11 is 0. The predicted octanol–water partition coefficient (Wildman–Crippen LogP) is -1.15. The first kappa shape index (κ1) is 12.8. The van der Waals surface area contributed by atoms with Crippen molar-refractivity contribution in [3.63, 3.8) is 0 Å². The summed E-state index contributed by atoms with van der Waals surface area (Å²) in [5.74, 6) is -2.08. The van der Waals surface area contributed by atoms with Crippen molar-refractivity contribution in [2.75, 3.05) is 6.61 Å². The zero-order valence-corrected chi connectivity index (χ0v) is 7.05. The molecule has 5 heteroatoms. The van der Waals surface area contributed by atoms with E-state index in [0.717, 1.165) is 6.08 Å². The Hall–Kier alpha value is -0.801. The number of hydrogen-bond donors (Lipinski definition) is 0. The van der Waals surface area contributed by atoms with Crippen LogP contribution in [0.5, 0.6) is 0 Å². The van der Waals surface area contributed by atoms with Gasteiger partial charge in [0.25, 0.3) is 0 Å². The first-order chi connectivity index (χ1) is 4.66. The smallest absolute Gasteiger partial charge is 0.545 e. The van der Waals surface area contributed by atoms with E-state index < -0.39 is 11.9 Å². The van der Waals surface area contributed by atoms with Crippen molar-refractivity contribution >= 4 is 11.9 Å². The van der Waals surface area contributed by atoms with E-state index in [4.69, 9.17) is 0 Å². The SMILES string of the molecule is CCOC(=O)/C=C/C(=O)[O-].[Mn+]. The van der Waals surface area contributed by atoms with E-state index in [1.165, 1.54) is 0 Å². The average molecular weight is 198 g/mol. The maximum atomic E-state index is 10.3. The summed E-state index contributed by atoms with van der Waals surface area (Å²) < 4.78 is 4.38. The van der Waals surface area contributed by atoms with Gasteiger partial charge in [-0.25, -0.2) is 4.79 Å². The van der Waals surface area contributed by atoms with Crippen molar-refractivity contribution in [2.24, 2.45) is 0 Å². The van der Waals surface area contributed by atoms with Crippen LogP contribution in [0.15, 0.2) is 12.2 Å².